The second-order valence-electron chi connectivity index (χ2n) is 7.53. The van der Waals surface area contributed by atoms with Crippen LogP contribution in [0.5, 0.6) is 5.75 Å². The van der Waals surface area contributed by atoms with Crippen molar-refractivity contribution in [3.05, 3.63) is 72.7 Å². The SMILES string of the molecule is COc1ccccc1N1CC(C(=O)Nc2ccc(NC(=O)NCc3ccco3)cc2)CC1=O. The number of benzene rings is 2. The summed E-state index contributed by atoms with van der Waals surface area (Å²) in [6.45, 7) is 0.555. The molecular formula is C24H24N4O5. The third-order valence-electron chi connectivity index (χ3n) is 5.29. The maximum Gasteiger partial charge on any atom is 0.319 e. The highest BCUT2D eigenvalue weighted by molar-refractivity contribution is 6.04. The van der Waals surface area contributed by atoms with Crippen LogP contribution in [0, 0.1) is 5.92 Å². The molecule has 170 valence electrons. The van der Waals surface area contributed by atoms with Crippen LogP contribution in [0.4, 0.5) is 21.9 Å². The van der Waals surface area contributed by atoms with Crippen molar-refractivity contribution in [3.63, 3.8) is 0 Å². The van der Waals surface area contributed by atoms with E-state index in [-0.39, 0.29) is 37.4 Å². The van der Waals surface area contributed by atoms with Crippen LogP contribution in [0.1, 0.15) is 12.2 Å². The van der Waals surface area contributed by atoms with Gasteiger partial charge in [0.25, 0.3) is 0 Å². The van der Waals surface area contributed by atoms with E-state index in [4.69, 9.17) is 9.15 Å². The lowest BCUT2D eigenvalue weighted by Crippen LogP contribution is -2.28. The van der Waals surface area contributed by atoms with Gasteiger partial charge in [0.15, 0.2) is 0 Å². The molecule has 33 heavy (non-hydrogen) atoms. The number of nitrogens with one attached hydrogen (secondary N) is 3. The first-order valence-electron chi connectivity index (χ1n) is 10.4. The van der Waals surface area contributed by atoms with Crippen molar-refractivity contribution in [2.75, 3.05) is 29.2 Å². The minimum absolute atomic E-state index is 0.124. The quantitative estimate of drug-likeness (QED) is 0.511. The van der Waals surface area contributed by atoms with Gasteiger partial charge in [-0.1, -0.05) is 12.1 Å². The zero-order chi connectivity index (χ0) is 23.2. The topological polar surface area (TPSA) is 113 Å². The van der Waals surface area contributed by atoms with Crippen molar-refractivity contribution in [2.24, 2.45) is 5.92 Å². The number of carbonyl (C=O) groups excluding carboxylic acids is 3. The molecule has 4 rings (SSSR count). The Balaban J connectivity index is 1.30. The minimum atomic E-state index is -0.479. The Morgan fingerprint density at radius 1 is 1.03 bits per heavy atom. The first-order chi connectivity index (χ1) is 16.0. The van der Waals surface area contributed by atoms with E-state index in [0.717, 1.165) is 0 Å². The number of hydrogen-bond donors (Lipinski definition) is 3. The third kappa shape index (κ3) is 5.32. The number of anilines is 3. The molecule has 1 aromatic heterocycles. The molecule has 1 fully saturated rings. The molecule has 1 saturated heterocycles. The maximum absolute atomic E-state index is 12.7. The van der Waals surface area contributed by atoms with Crippen molar-refractivity contribution in [1.29, 1.82) is 0 Å². The van der Waals surface area contributed by atoms with Crippen LogP contribution in [0.15, 0.2) is 71.3 Å². The first kappa shape index (κ1) is 21.9. The molecule has 3 N–H and O–H groups in total. The fourth-order valence-corrected chi connectivity index (χ4v) is 3.61. The Labute approximate surface area is 190 Å². The number of para-hydroxylation sites is 2. The van der Waals surface area contributed by atoms with Gasteiger partial charge in [-0.25, -0.2) is 4.79 Å². The predicted octanol–water partition coefficient (Wildman–Crippen LogP) is 3.60. The Morgan fingerprint density at radius 2 is 1.76 bits per heavy atom. The molecule has 3 aromatic rings. The van der Waals surface area contributed by atoms with Crippen molar-refractivity contribution in [1.82, 2.24) is 5.32 Å². The molecule has 0 radical (unpaired) electrons. The molecule has 4 amide bonds. The lowest BCUT2D eigenvalue weighted by Gasteiger charge is -2.19. The molecule has 1 unspecified atom stereocenters. The number of hydrogen-bond acceptors (Lipinski definition) is 5. The fraction of sp³-hybridized carbons (Fsp3) is 0.208. The molecule has 0 saturated carbocycles. The highest BCUT2D eigenvalue weighted by Crippen LogP contribution is 2.33. The van der Waals surface area contributed by atoms with Gasteiger partial charge in [0.05, 0.1) is 31.5 Å². The fourth-order valence-electron chi connectivity index (χ4n) is 3.61. The number of rotatable bonds is 7. The molecular weight excluding hydrogens is 424 g/mol. The molecule has 0 spiro atoms. The van der Waals surface area contributed by atoms with Gasteiger partial charge in [0, 0.05) is 24.3 Å². The molecule has 1 aliphatic rings. The molecule has 9 heteroatoms. The largest absolute Gasteiger partial charge is 0.495 e. The molecule has 1 aliphatic heterocycles. The Kier molecular flexibility index (Phi) is 6.58. The second kappa shape index (κ2) is 9.90. The summed E-state index contributed by atoms with van der Waals surface area (Å²) in [7, 11) is 1.55. The summed E-state index contributed by atoms with van der Waals surface area (Å²) >= 11 is 0. The Bertz CT molecular complexity index is 1130. The van der Waals surface area contributed by atoms with E-state index in [1.165, 1.54) is 0 Å². The summed E-state index contributed by atoms with van der Waals surface area (Å²) in [5, 5.41) is 8.24. The van der Waals surface area contributed by atoms with Gasteiger partial charge in [0.1, 0.15) is 11.5 Å². The predicted molar refractivity (Wildman–Crippen MR) is 123 cm³/mol. The summed E-state index contributed by atoms with van der Waals surface area (Å²) < 4.78 is 10.5. The van der Waals surface area contributed by atoms with E-state index in [0.29, 0.717) is 28.6 Å². The van der Waals surface area contributed by atoms with E-state index in [1.807, 2.05) is 12.1 Å². The molecule has 1 atom stereocenters. The highest BCUT2D eigenvalue weighted by Gasteiger charge is 2.36. The van der Waals surface area contributed by atoms with Crippen LogP contribution >= 0.6 is 0 Å². The van der Waals surface area contributed by atoms with Gasteiger partial charge < -0.3 is 30.0 Å². The standard InChI is InChI=1S/C24H24N4O5/c1-32-21-7-3-2-6-20(21)28-15-16(13-22(28)29)23(30)26-17-8-10-18(11-9-17)27-24(31)25-14-19-5-4-12-33-19/h2-12,16H,13-15H2,1H3,(H,26,30)(H2,25,27,31). The van der Waals surface area contributed by atoms with Gasteiger partial charge in [-0.2, -0.15) is 0 Å². The summed E-state index contributed by atoms with van der Waals surface area (Å²) in [6, 6.07) is 17.1. The first-order valence-corrected chi connectivity index (χ1v) is 10.4. The van der Waals surface area contributed by atoms with Crippen molar-refractivity contribution < 1.29 is 23.5 Å². The molecule has 2 aromatic carbocycles. The summed E-state index contributed by atoms with van der Waals surface area (Å²) in [6.07, 6.45) is 1.67. The second-order valence-corrected chi connectivity index (χ2v) is 7.53. The molecule has 9 nitrogen and oxygen atoms in total. The monoisotopic (exact) mass is 448 g/mol. The van der Waals surface area contributed by atoms with Crippen LogP contribution in [-0.4, -0.2) is 31.5 Å². The zero-order valence-electron chi connectivity index (χ0n) is 18.0. The summed E-state index contributed by atoms with van der Waals surface area (Å²) in [4.78, 5) is 38.8. The number of ether oxygens (including phenoxy) is 1. The molecule has 0 aliphatic carbocycles. The Hall–Kier alpha value is -4.27. The van der Waals surface area contributed by atoms with E-state index >= 15 is 0 Å². The smallest absolute Gasteiger partial charge is 0.319 e. The normalized spacial score (nSPS) is 15.2. The summed E-state index contributed by atoms with van der Waals surface area (Å²) in [5.74, 6) is 0.395. The average Bonchev–Trinajstić information content (AvgIpc) is 3.48. The third-order valence-corrected chi connectivity index (χ3v) is 5.29. The van der Waals surface area contributed by atoms with Crippen LogP contribution in [0.2, 0.25) is 0 Å². The average molecular weight is 448 g/mol. The van der Waals surface area contributed by atoms with Crippen LogP contribution in [0.3, 0.4) is 0 Å². The lowest BCUT2D eigenvalue weighted by atomic mass is 10.1. The number of furan rings is 1. The minimum Gasteiger partial charge on any atom is -0.495 e. The highest BCUT2D eigenvalue weighted by atomic mass is 16.5. The summed E-state index contributed by atoms with van der Waals surface area (Å²) in [5.41, 5.74) is 1.80. The van der Waals surface area contributed by atoms with Crippen LogP contribution in [0.25, 0.3) is 0 Å². The van der Waals surface area contributed by atoms with Gasteiger partial charge in [-0.15, -0.1) is 0 Å². The van der Waals surface area contributed by atoms with E-state index in [1.54, 1.807) is 66.8 Å². The van der Waals surface area contributed by atoms with Crippen LogP contribution < -0.4 is 25.6 Å². The van der Waals surface area contributed by atoms with E-state index in [2.05, 4.69) is 16.0 Å². The van der Waals surface area contributed by atoms with Crippen molar-refractivity contribution >= 4 is 34.9 Å². The van der Waals surface area contributed by atoms with E-state index in [9.17, 15) is 14.4 Å². The maximum atomic E-state index is 12.7. The number of amides is 4. The lowest BCUT2D eigenvalue weighted by molar-refractivity contribution is -0.122. The number of nitrogens with zero attached hydrogens (tertiary/aromatic N) is 1. The number of urea groups is 1. The molecule has 2 heterocycles. The van der Waals surface area contributed by atoms with Crippen molar-refractivity contribution in [3.8, 4) is 5.75 Å². The van der Waals surface area contributed by atoms with Crippen LogP contribution in [-0.2, 0) is 16.1 Å². The Morgan fingerprint density at radius 3 is 2.45 bits per heavy atom. The van der Waals surface area contributed by atoms with E-state index < -0.39 is 5.92 Å². The van der Waals surface area contributed by atoms with Gasteiger partial charge in [-0.3, -0.25) is 9.59 Å². The van der Waals surface area contributed by atoms with Gasteiger partial charge >= 0.3 is 6.03 Å². The number of carbonyl (C=O) groups is 3. The van der Waals surface area contributed by atoms with Crippen molar-refractivity contribution in [2.45, 2.75) is 13.0 Å². The van der Waals surface area contributed by atoms with Gasteiger partial charge in [0.2, 0.25) is 11.8 Å². The zero-order valence-corrected chi connectivity index (χ0v) is 18.0. The molecule has 0 bridgehead atoms. The van der Waals surface area contributed by atoms with Gasteiger partial charge in [-0.05, 0) is 48.5 Å². The number of methoxy groups -OCH3 is 1.